The number of hydrogen-bond donors (Lipinski definition) is 1. The molecular weight excluding hydrogens is 229 g/mol. The Morgan fingerprint density at radius 3 is 2.28 bits per heavy atom. The zero-order valence-corrected chi connectivity index (χ0v) is 10.3. The number of pyridine rings is 1. The van der Waals surface area contributed by atoms with Crippen molar-refractivity contribution in [3.05, 3.63) is 65.7 Å². The first kappa shape index (κ1) is 12.7. The first-order chi connectivity index (χ1) is 8.64. The molecule has 2 aromatic rings. The summed E-state index contributed by atoms with van der Waals surface area (Å²) in [6.45, 7) is 1.99. The molecule has 2 rings (SSSR count). The molecule has 0 radical (unpaired) electrons. The van der Waals surface area contributed by atoms with Gasteiger partial charge in [0.25, 0.3) is 0 Å². The van der Waals surface area contributed by atoms with Crippen molar-refractivity contribution in [3.8, 4) is 0 Å². The van der Waals surface area contributed by atoms with Crippen LogP contribution in [0.5, 0.6) is 0 Å². The van der Waals surface area contributed by atoms with Crippen LogP contribution < -0.4 is 0 Å². The third-order valence-corrected chi connectivity index (χ3v) is 3.23. The van der Waals surface area contributed by atoms with Gasteiger partial charge < -0.3 is 5.11 Å². The van der Waals surface area contributed by atoms with Gasteiger partial charge in [-0.05, 0) is 41.8 Å². The molecule has 0 saturated heterocycles. The second kappa shape index (κ2) is 5.27. The molecule has 0 fully saturated rings. The Kier molecular flexibility index (Phi) is 3.72. The van der Waals surface area contributed by atoms with E-state index in [4.69, 9.17) is 0 Å². The molecule has 0 aliphatic heterocycles. The molecular formula is C15H16FNO. The van der Waals surface area contributed by atoms with E-state index in [9.17, 15) is 9.50 Å². The Hall–Kier alpha value is -1.74. The highest BCUT2D eigenvalue weighted by molar-refractivity contribution is 5.28. The van der Waals surface area contributed by atoms with Gasteiger partial charge >= 0.3 is 0 Å². The minimum atomic E-state index is -0.408. The molecule has 0 bridgehead atoms. The van der Waals surface area contributed by atoms with Gasteiger partial charge in [-0.15, -0.1) is 0 Å². The summed E-state index contributed by atoms with van der Waals surface area (Å²) in [5, 5.41) is 9.66. The standard InChI is InChI=1S/C15H16FNO/c1-15(11-18,10-12-6-8-17-9-7-12)13-2-4-14(16)5-3-13/h2-9,18H,10-11H2,1H3. The fourth-order valence-electron chi connectivity index (χ4n) is 2.05. The summed E-state index contributed by atoms with van der Waals surface area (Å²) in [6.07, 6.45) is 4.16. The van der Waals surface area contributed by atoms with Crippen LogP contribution >= 0.6 is 0 Å². The predicted octanol–water partition coefficient (Wildman–Crippen LogP) is 2.71. The number of aromatic nitrogens is 1. The average molecular weight is 245 g/mol. The lowest BCUT2D eigenvalue weighted by Crippen LogP contribution is -2.29. The number of nitrogens with zero attached hydrogens (tertiary/aromatic N) is 1. The Morgan fingerprint density at radius 1 is 1.11 bits per heavy atom. The number of aliphatic hydroxyl groups is 1. The van der Waals surface area contributed by atoms with Gasteiger partial charge in [0, 0.05) is 17.8 Å². The maximum atomic E-state index is 12.9. The van der Waals surface area contributed by atoms with Crippen LogP contribution in [0.2, 0.25) is 0 Å². The lowest BCUT2D eigenvalue weighted by Gasteiger charge is -2.28. The predicted molar refractivity (Wildman–Crippen MR) is 68.8 cm³/mol. The Labute approximate surface area is 106 Å². The third kappa shape index (κ3) is 2.74. The Bertz CT molecular complexity index is 498. The molecule has 1 aromatic heterocycles. The summed E-state index contributed by atoms with van der Waals surface area (Å²) < 4.78 is 12.9. The largest absolute Gasteiger partial charge is 0.395 e. The van der Waals surface area contributed by atoms with Gasteiger partial charge in [-0.2, -0.15) is 0 Å². The van der Waals surface area contributed by atoms with Crippen LogP contribution in [0.1, 0.15) is 18.1 Å². The van der Waals surface area contributed by atoms with E-state index in [1.807, 2.05) is 19.1 Å². The van der Waals surface area contributed by atoms with Crippen LogP contribution in [0, 0.1) is 5.82 Å². The van der Waals surface area contributed by atoms with Crippen molar-refractivity contribution in [2.45, 2.75) is 18.8 Å². The van der Waals surface area contributed by atoms with E-state index in [0.29, 0.717) is 6.42 Å². The maximum Gasteiger partial charge on any atom is 0.123 e. The molecule has 2 nitrogen and oxygen atoms in total. The van der Waals surface area contributed by atoms with Crippen LogP contribution in [0.15, 0.2) is 48.8 Å². The molecule has 1 heterocycles. The van der Waals surface area contributed by atoms with Crippen LogP contribution in [0.4, 0.5) is 4.39 Å². The highest BCUT2D eigenvalue weighted by Crippen LogP contribution is 2.27. The minimum absolute atomic E-state index is 0.0148. The van der Waals surface area contributed by atoms with Crippen molar-refractivity contribution in [1.82, 2.24) is 4.98 Å². The van der Waals surface area contributed by atoms with Crippen molar-refractivity contribution in [3.63, 3.8) is 0 Å². The molecule has 0 saturated carbocycles. The van der Waals surface area contributed by atoms with E-state index in [-0.39, 0.29) is 12.4 Å². The van der Waals surface area contributed by atoms with E-state index >= 15 is 0 Å². The van der Waals surface area contributed by atoms with Gasteiger partial charge in [0.05, 0.1) is 6.61 Å². The highest BCUT2D eigenvalue weighted by atomic mass is 19.1. The van der Waals surface area contributed by atoms with Gasteiger partial charge in [-0.25, -0.2) is 4.39 Å². The first-order valence-corrected chi connectivity index (χ1v) is 5.90. The van der Waals surface area contributed by atoms with Crippen LogP contribution in [0.25, 0.3) is 0 Å². The van der Waals surface area contributed by atoms with Crippen molar-refractivity contribution in [2.24, 2.45) is 0 Å². The van der Waals surface area contributed by atoms with E-state index in [2.05, 4.69) is 4.98 Å². The van der Waals surface area contributed by atoms with Crippen molar-refractivity contribution in [2.75, 3.05) is 6.61 Å². The number of benzene rings is 1. The maximum absolute atomic E-state index is 12.9. The van der Waals surface area contributed by atoms with Crippen molar-refractivity contribution >= 4 is 0 Å². The smallest absolute Gasteiger partial charge is 0.123 e. The molecule has 1 atom stereocenters. The topological polar surface area (TPSA) is 33.1 Å². The zero-order chi connectivity index (χ0) is 13.0. The molecule has 0 amide bonds. The van der Waals surface area contributed by atoms with E-state index < -0.39 is 5.41 Å². The minimum Gasteiger partial charge on any atom is -0.395 e. The second-order valence-electron chi connectivity index (χ2n) is 4.76. The molecule has 0 spiro atoms. The first-order valence-electron chi connectivity index (χ1n) is 5.90. The van der Waals surface area contributed by atoms with Crippen LogP contribution in [0.3, 0.4) is 0 Å². The van der Waals surface area contributed by atoms with Crippen molar-refractivity contribution in [1.29, 1.82) is 0 Å². The van der Waals surface area contributed by atoms with Gasteiger partial charge in [0.2, 0.25) is 0 Å². The highest BCUT2D eigenvalue weighted by Gasteiger charge is 2.26. The van der Waals surface area contributed by atoms with E-state index in [1.54, 1.807) is 24.5 Å². The molecule has 0 aliphatic rings. The lowest BCUT2D eigenvalue weighted by molar-refractivity contribution is 0.204. The molecule has 18 heavy (non-hydrogen) atoms. The summed E-state index contributed by atoms with van der Waals surface area (Å²) in [5.41, 5.74) is 1.63. The summed E-state index contributed by atoms with van der Waals surface area (Å²) in [5.74, 6) is -0.261. The number of aliphatic hydroxyl groups excluding tert-OH is 1. The van der Waals surface area contributed by atoms with E-state index in [1.165, 1.54) is 12.1 Å². The Balaban J connectivity index is 2.28. The number of rotatable bonds is 4. The summed E-state index contributed by atoms with van der Waals surface area (Å²) in [7, 11) is 0. The summed E-state index contributed by atoms with van der Waals surface area (Å²) in [4.78, 5) is 3.97. The SMILES string of the molecule is CC(CO)(Cc1ccncc1)c1ccc(F)cc1. The zero-order valence-electron chi connectivity index (χ0n) is 10.3. The van der Waals surface area contributed by atoms with Crippen molar-refractivity contribution < 1.29 is 9.50 Å². The number of hydrogen-bond acceptors (Lipinski definition) is 2. The summed E-state index contributed by atoms with van der Waals surface area (Å²) in [6, 6.07) is 10.2. The third-order valence-electron chi connectivity index (χ3n) is 3.23. The molecule has 3 heteroatoms. The average Bonchev–Trinajstić information content (AvgIpc) is 2.40. The normalized spacial score (nSPS) is 14.2. The lowest BCUT2D eigenvalue weighted by atomic mass is 9.78. The monoisotopic (exact) mass is 245 g/mol. The van der Waals surface area contributed by atoms with Gasteiger partial charge in [0.15, 0.2) is 0 Å². The molecule has 94 valence electrons. The molecule has 0 aliphatic carbocycles. The quantitative estimate of drug-likeness (QED) is 0.898. The fourth-order valence-corrected chi connectivity index (χ4v) is 2.05. The van der Waals surface area contributed by atoms with Gasteiger partial charge in [0.1, 0.15) is 5.82 Å². The summed E-state index contributed by atoms with van der Waals surface area (Å²) >= 11 is 0. The molecule has 1 unspecified atom stereocenters. The molecule has 1 N–H and O–H groups in total. The fraction of sp³-hybridized carbons (Fsp3) is 0.267. The second-order valence-corrected chi connectivity index (χ2v) is 4.76. The van der Waals surface area contributed by atoms with Crippen LogP contribution in [-0.4, -0.2) is 16.7 Å². The molecule has 1 aromatic carbocycles. The number of halogens is 1. The van der Waals surface area contributed by atoms with Gasteiger partial charge in [-0.3, -0.25) is 4.98 Å². The van der Waals surface area contributed by atoms with Gasteiger partial charge in [-0.1, -0.05) is 19.1 Å². The van der Waals surface area contributed by atoms with Crippen LogP contribution in [-0.2, 0) is 11.8 Å². The van der Waals surface area contributed by atoms with E-state index in [0.717, 1.165) is 11.1 Å². The Morgan fingerprint density at radius 2 is 1.72 bits per heavy atom.